The summed E-state index contributed by atoms with van der Waals surface area (Å²) in [6, 6.07) is 3.97. The smallest absolute Gasteiger partial charge is 0.315 e. The van der Waals surface area contributed by atoms with Gasteiger partial charge in [0, 0.05) is 50.4 Å². The van der Waals surface area contributed by atoms with E-state index in [0.29, 0.717) is 37.4 Å². The van der Waals surface area contributed by atoms with E-state index in [9.17, 15) is 19.2 Å². The topological polar surface area (TPSA) is 149 Å². The Labute approximate surface area is 269 Å². The fourth-order valence-electron chi connectivity index (χ4n) is 6.38. The fourth-order valence-corrected chi connectivity index (χ4v) is 6.38. The molecule has 1 aromatic heterocycles. The number of anilines is 1. The maximum absolute atomic E-state index is 15.6. The second-order valence-corrected chi connectivity index (χ2v) is 13.1. The molecule has 1 saturated heterocycles. The molecule has 46 heavy (non-hydrogen) atoms. The van der Waals surface area contributed by atoms with Gasteiger partial charge in [0.2, 0.25) is 11.8 Å². The molecule has 3 fully saturated rings. The molecule has 0 unspecified atom stereocenters. The van der Waals surface area contributed by atoms with Gasteiger partial charge in [-0.1, -0.05) is 32.3 Å². The maximum Gasteiger partial charge on any atom is 0.315 e. The molecule has 3 atom stereocenters. The van der Waals surface area contributed by atoms with Crippen LogP contribution in [0, 0.1) is 11.7 Å². The molecule has 0 radical (unpaired) electrons. The van der Waals surface area contributed by atoms with Crippen LogP contribution in [0.15, 0.2) is 30.5 Å². The van der Waals surface area contributed by atoms with Gasteiger partial charge in [-0.05, 0) is 69.2 Å². The van der Waals surface area contributed by atoms with Crippen LogP contribution in [0.5, 0.6) is 0 Å². The van der Waals surface area contributed by atoms with Crippen molar-refractivity contribution < 1.29 is 23.6 Å². The molecule has 2 aromatic rings. The van der Waals surface area contributed by atoms with Gasteiger partial charge in [-0.2, -0.15) is 5.10 Å². The summed E-state index contributed by atoms with van der Waals surface area (Å²) in [5.74, 6) is -2.41. The Morgan fingerprint density at radius 3 is 2.33 bits per heavy atom. The quantitative estimate of drug-likeness (QED) is 0.255. The zero-order valence-corrected chi connectivity index (χ0v) is 27.0. The van der Waals surface area contributed by atoms with E-state index >= 15 is 4.39 Å². The van der Waals surface area contributed by atoms with E-state index in [1.54, 1.807) is 34.8 Å². The van der Waals surface area contributed by atoms with Crippen LogP contribution >= 0.6 is 0 Å². The van der Waals surface area contributed by atoms with Gasteiger partial charge < -0.3 is 31.5 Å². The summed E-state index contributed by atoms with van der Waals surface area (Å²) in [7, 11) is 0. The number of rotatable bonds is 11. The number of aromatic nitrogens is 2. The lowest BCUT2D eigenvalue weighted by Gasteiger charge is -2.33. The van der Waals surface area contributed by atoms with Crippen LogP contribution in [0.1, 0.15) is 93.7 Å². The number of urea groups is 1. The number of hydrogen-bond donors (Lipinski definition) is 5. The zero-order valence-electron chi connectivity index (χ0n) is 27.0. The Bertz CT molecular complexity index is 1400. The third-order valence-electron chi connectivity index (χ3n) is 9.25. The van der Waals surface area contributed by atoms with Gasteiger partial charge in [0.25, 0.3) is 5.91 Å². The molecule has 12 nitrogen and oxygen atoms in total. The van der Waals surface area contributed by atoms with Crippen LogP contribution in [0.2, 0.25) is 0 Å². The third-order valence-corrected chi connectivity index (χ3v) is 9.25. The van der Waals surface area contributed by atoms with Crippen molar-refractivity contribution in [1.82, 2.24) is 35.9 Å². The van der Waals surface area contributed by atoms with Gasteiger partial charge in [0.15, 0.2) is 0 Å². The van der Waals surface area contributed by atoms with Crippen LogP contribution in [-0.4, -0.2) is 82.7 Å². The second kappa shape index (κ2) is 15.1. The lowest BCUT2D eigenvalue weighted by molar-refractivity contribution is -0.134. The predicted molar refractivity (Wildman–Crippen MR) is 172 cm³/mol. The molecule has 250 valence electrons. The van der Waals surface area contributed by atoms with Crippen LogP contribution in [0.25, 0.3) is 0 Å². The molecule has 2 saturated carbocycles. The molecule has 2 heterocycles. The minimum atomic E-state index is -0.901. The summed E-state index contributed by atoms with van der Waals surface area (Å²) in [6.07, 6.45) is 7.92. The Morgan fingerprint density at radius 1 is 0.957 bits per heavy atom. The first-order chi connectivity index (χ1) is 22.1. The summed E-state index contributed by atoms with van der Waals surface area (Å²) in [5, 5.41) is 18.8. The van der Waals surface area contributed by atoms with E-state index in [-0.39, 0.29) is 29.6 Å². The van der Waals surface area contributed by atoms with Gasteiger partial charge in [-0.25, -0.2) is 9.18 Å². The number of benzene rings is 1. The highest BCUT2D eigenvalue weighted by Gasteiger charge is 2.35. The average Bonchev–Trinajstić information content (AvgIpc) is 3.72. The van der Waals surface area contributed by atoms with Crippen molar-refractivity contribution in [3.8, 4) is 0 Å². The molecule has 13 heteroatoms. The van der Waals surface area contributed by atoms with E-state index in [2.05, 4.69) is 31.7 Å². The number of halogens is 1. The van der Waals surface area contributed by atoms with E-state index in [1.807, 2.05) is 13.8 Å². The first-order valence-electron chi connectivity index (χ1n) is 16.6. The highest BCUT2D eigenvalue weighted by atomic mass is 19.1. The van der Waals surface area contributed by atoms with Crippen LogP contribution in [0.3, 0.4) is 0 Å². The summed E-state index contributed by atoms with van der Waals surface area (Å²) < 4.78 is 17.3. The molecule has 5 N–H and O–H groups in total. The second-order valence-electron chi connectivity index (χ2n) is 13.1. The molecule has 5 rings (SSSR count). The van der Waals surface area contributed by atoms with Crippen LogP contribution in [0.4, 0.5) is 14.9 Å². The molecule has 2 aliphatic carbocycles. The van der Waals surface area contributed by atoms with Crippen LogP contribution < -0.4 is 26.6 Å². The van der Waals surface area contributed by atoms with Gasteiger partial charge >= 0.3 is 6.03 Å². The standard InChI is InChI=1S/C33H47FN8O4/c1-20(2)42-27(13-14-36-42)30(43)39-29(22-7-5-4-6-8-22)31(44)38-26-12-9-23(19-25(26)34)21(3)28(40-33(46)37-24-10-11-24)32(45)41-17-15-35-16-18-41/h9,12-14,19-22,24,28-29,35H,4-8,10-11,15-18H2,1-3H3,(H,38,44)(H,39,43)(H2,37,40,46)/t21-,28+,29-/m0/s1. The lowest BCUT2D eigenvalue weighted by Crippen LogP contribution is -2.57. The molecule has 1 aliphatic heterocycles. The van der Waals surface area contributed by atoms with Crippen molar-refractivity contribution in [3.63, 3.8) is 0 Å². The Morgan fingerprint density at radius 2 is 1.67 bits per heavy atom. The van der Waals surface area contributed by atoms with Crippen molar-refractivity contribution in [2.45, 2.75) is 95.8 Å². The maximum atomic E-state index is 15.6. The van der Waals surface area contributed by atoms with Gasteiger partial charge in [0.05, 0.1) is 5.69 Å². The van der Waals surface area contributed by atoms with Crippen molar-refractivity contribution in [2.24, 2.45) is 5.92 Å². The molecule has 0 bridgehead atoms. The highest BCUT2D eigenvalue weighted by molar-refractivity contribution is 6.00. The molecule has 3 aliphatic rings. The zero-order chi connectivity index (χ0) is 32.8. The molecular formula is C33H47FN8O4. The van der Waals surface area contributed by atoms with Crippen molar-refractivity contribution in [3.05, 3.63) is 47.5 Å². The number of carbonyl (C=O) groups is 4. The number of amides is 5. The minimum absolute atomic E-state index is 0.0207. The van der Waals surface area contributed by atoms with Gasteiger partial charge in [-0.15, -0.1) is 0 Å². The summed E-state index contributed by atoms with van der Waals surface area (Å²) >= 11 is 0. The third kappa shape index (κ3) is 8.23. The molecule has 0 spiro atoms. The number of nitrogens with zero attached hydrogens (tertiary/aromatic N) is 3. The largest absolute Gasteiger partial charge is 0.339 e. The monoisotopic (exact) mass is 638 g/mol. The van der Waals surface area contributed by atoms with Crippen molar-refractivity contribution in [2.75, 3.05) is 31.5 Å². The SMILES string of the molecule is CC(C)n1nccc1C(=O)N[C@H](C(=O)Nc1ccc([C@H](C)[C@@H](NC(=O)NC2CC2)C(=O)N2CCNCC2)cc1F)C1CCCCC1. The number of hydrogen-bond acceptors (Lipinski definition) is 6. The van der Waals surface area contributed by atoms with E-state index in [1.165, 1.54) is 12.1 Å². The summed E-state index contributed by atoms with van der Waals surface area (Å²) in [5.41, 5.74) is 0.847. The lowest BCUT2D eigenvalue weighted by atomic mass is 9.83. The normalized spacial score (nSPS) is 19.2. The molecular weight excluding hydrogens is 591 g/mol. The molecule has 1 aromatic carbocycles. The van der Waals surface area contributed by atoms with Gasteiger partial charge in [-0.3, -0.25) is 19.1 Å². The summed E-state index contributed by atoms with van der Waals surface area (Å²) in [6.45, 7) is 7.99. The van der Waals surface area contributed by atoms with Crippen molar-refractivity contribution in [1.29, 1.82) is 0 Å². The Kier molecular flexibility index (Phi) is 10.9. The van der Waals surface area contributed by atoms with E-state index in [0.717, 1.165) is 44.9 Å². The first kappa shape index (κ1) is 33.4. The van der Waals surface area contributed by atoms with E-state index < -0.39 is 41.7 Å². The Balaban J connectivity index is 1.31. The highest BCUT2D eigenvalue weighted by Crippen LogP contribution is 2.29. The fraction of sp³-hybridized carbons (Fsp3) is 0.606. The van der Waals surface area contributed by atoms with Crippen molar-refractivity contribution >= 4 is 29.4 Å². The number of carbonyl (C=O) groups excluding carboxylic acids is 4. The number of piperazine rings is 1. The summed E-state index contributed by atoms with van der Waals surface area (Å²) in [4.78, 5) is 55.0. The minimum Gasteiger partial charge on any atom is -0.339 e. The predicted octanol–water partition coefficient (Wildman–Crippen LogP) is 3.29. The Hall–Kier alpha value is -4.00. The van der Waals surface area contributed by atoms with Gasteiger partial charge in [0.1, 0.15) is 23.6 Å². The average molecular weight is 639 g/mol. The first-order valence-corrected chi connectivity index (χ1v) is 16.6. The molecule has 5 amide bonds. The number of nitrogens with one attached hydrogen (secondary N) is 5. The van der Waals surface area contributed by atoms with E-state index in [4.69, 9.17) is 0 Å². The van der Waals surface area contributed by atoms with Crippen LogP contribution in [-0.2, 0) is 9.59 Å².